The monoisotopic (exact) mass is 418 g/mol. The molecule has 0 saturated heterocycles. The molecule has 0 aliphatic heterocycles. The Morgan fingerprint density at radius 1 is 1.10 bits per heavy atom. The van der Waals surface area contributed by atoms with Gasteiger partial charge in [0.15, 0.2) is 4.80 Å². The van der Waals surface area contributed by atoms with Gasteiger partial charge in [-0.1, -0.05) is 42.5 Å². The van der Waals surface area contributed by atoms with Crippen LogP contribution in [0.2, 0.25) is 0 Å². The fraction of sp³-hybridized carbons (Fsp3) is 0.217. The molecule has 4 aromatic rings. The number of aromatic nitrogens is 3. The van der Waals surface area contributed by atoms with Crippen LogP contribution in [0, 0.1) is 6.92 Å². The average molecular weight is 419 g/mol. The van der Waals surface area contributed by atoms with Crippen LogP contribution < -0.4 is 10.4 Å². The Labute approximate surface area is 177 Å². The molecule has 0 aliphatic carbocycles. The lowest BCUT2D eigenvalue weighted by Crippen LogP contribution is -2.21. The standard InChI is InChI=1S/C23H22N4O2S/c1-17-7-5-10-19-21(17)24-16-27(22(19)29)12-6-11-20(28)25-23-26(13-14-30-23)15-18-8-3-2-4-9-18/h2-5,7-10,13-14,16H,6,11-12,15H2,1H3. The molecule has 0 fully saturated rings. The second kappa shape index (κ2) is 9.00. The van der Waals surface area contributed by atoms with Crippen molar-refractivity contribution in [3.63, 3.8) is 0 Å². The first-order valence-electron chi connectivity index (χ1n) is 9.82. The second-order valence-corrected chi connectivity index (χ2v) is 8.00. The minimum absolute atomic E-state index is 0.0768. The van der Waals surface area contributed by atoms with E-state index in [-0.39, 0.29) is 17.9 Å². The summed E-state index contributed by atoms with van der Waals surface area (Å²) in [7, 11) is 0. The third-order valence-corrected chi connectivity index (χ3v) is 5.72. The number of hydrogen-bond acceptors (Lipinski definition) is 4. The van der Waals surface area contributed by atoms with Crippen molar-refractivity contribution in [1.29, 1.82) is 0 Å². The highest BCUT2D eigenvalue weighted by molar-refractivity contribution is 7.07. The first-order chi connectivity index (χ1) is 14.6. The maximum atomic E-state index is 12.6. The summed E-state index contributed by atoms with van der Waals surface area (Å²) in [5.41, 5.74) is 2.78. The number of aryl methyl sites for hydroxylation is 2. The molecule has 0 radical (unpaired) electrons. The Bertz CT molecular complexity index is 1300. The van der Waals surface area contributed by atoms with Crippen molar-refractivity contribution in [2.24, 2.45) is 4.99 Å². The van der Waals surface area contributed by atoms with Crippen LogP contribution in [0.3, 0.4) is 0 Å². The minimum atomic E-state index is -0.183. The number of fused-ring (bicyclic) bond motifs is 1. The van der Waals surface area contributed by atoms with E-state index in [2.05, 4.69) is 9.98 Å². The topological polar surface area (TPSA) is 69.2 Å². The summed E-state index contributed by atoms with van der Waals surface area (Å²) in [5, 5.41) is 2.53. The fourth-order valence-electron chi connectivity index (χ4n) is 3.35. The van der Waals surface area contributed by atoms with E-state index in [1.165, 1.54) is 11.3 Å². The molecule has 0 unspecified atom stereocenters. The van der Waals surface area contributed by atoms with Gasteiger partial charge in [0.25, 0.3) is 5.56 Å². The third-order valence-electron chi connectivity index (χ3n) is 4.92. The normalized spacial score (nSPS) is 11.8. The first-order valence-corrected chi connectivity index (χ1v) is 10.7. The molecule has 2 heterocycles. The molecule has 4 rings (SSSR count). The lowest BCUT2D eigenvalue weighted by molar-refractivity contribution is -0.118. The zero-order valence-corrected chi connectivity index (χ0v) is 17.5. The molecule has 0 bridgehead atoms. The molecule has 2 aromatic carbocycles. The zero-order chi connectivity index (χ0) is 20.9. The molecule has 7 heteroatoms. The summed E-state index contributed by atoms with van der Waals surface area (Å²) in [5.74, 6) is -0.183. The SMILES string of the molecule is Cc1cccc2c(=O)n(CCCC(=O)N=c3sccn3Cc3ccccc3)cnc12. The molecule has 0 spiro atoms. The fourth-order valence-corrected chi connectivity index (χ4v) is 4.09. The van der Waals surface area contributed by atoms with Crippen LogP contribution in [0.4, 0.5) is 0 Å². The molecular weight excluding hydrogens is 396 g/mol. The van der Waals surface area contributed by atoms with E-state index in [4.69, 9.17) is 0 Å². The molecule has 152 valence electrons. The van der Waals surface area contributed by atoms with Crippen molar-refractivity contribution in [3.8, 4) is 0 Å². The van der Waals surface area contributed by atoms with E-state index in [1.54, 1.807) is 17.0 Å². The molecule has 30 heavy (non-hydrogen) atoms. The molecule has 1 amide bonds. The number of carbonyl (C=O) groups excluding carboxylic acids is 1. The molecule has 0 N–H and O–H groups in total. The molecule has 0 atom stereocenters. The molecule has 6 nitrogen and oxygen atoms in total. The van der Waals surface area contributed by atoms with Crippen LogP contribution in [-0.4, -0.2) is 20.0 Å². The number of thiazole rings is 1. The Morgan fingerprint density at radius 3 is 2.77 bits per heavy atom. The maximum absolute atomic E-state index is 12.6. The molecule has 0 saturated carbocycles. The van der Waals surface area contributed by atoms with Crippen molar-refractivity contribution in [2.75, 3.05) is 0 Å². The smallest absolute Gasteiger partial charge is 0.261 e. The summed E-state index contributed by atoms with van der Waals surface area (Å²) in [6, 6.07) is 15.7. The van der Waals surface area contributed by atoms with E-state index >= 15 is 0 Å². The van der Waals surface area contributed by atoms with Gasteiger partial charge in [0.1, 0.15) is 0 Å². The summed E-state index contributed by atoms with van der Waals surface area (Å²) in [6.07, 6.45) is 4.31. The number of para-hydroxylation sites is 1. The Balaban J connectivity index is 1.42. The number of amides is 1. The highest BCUT2D eigenvalue weighted by Crippen LogP contribution is 2.11. The van der Waals surface area contributed by atoms with Gasteiger partial charge in [-0.2, -0.15) is 4.99 Å². The van der Waals surface area contributed by atoms with Crippen molar-refractivity contribution >= 4 is 28.1 Å². The third kappa shape index (κ3) is 4.46. The quantitative estimate of drug-likeness (QED) is 0.481. The van der Waals surface area contributed by atoms with E-state index in [1.807, 2.05) is 65.5 Å². The van der Waals surface area contributed by atoms with Crippen LogP contribution in [-0.2, 0) is 17.9 Å². The van der Waals surface area contributed by atoms with Crippen molar-refractivity contribution in [3.05, 3.63) is 92.7 Å². The van der Waals surface area contributed by atoms with Gasteiger partial charge in [-0.25, -0.2) is 4.98 Å². The number of rotatable bonds is 6. The number of carbonyl (C=O) groups is 1. The van der Waals surface area contributed by atoms with Gasteiger partial charge < -0.3 is 4.57 Å². The van der Waals surface area contributed by atoms with Crippen LogP contribution in [0.5, 0.6) is 0 Å². The second-order valence-electron chi connectivity index (χ2n) is 7.12. The summed E-state index contributed by atoms with van der Waals surface area (Å²) in [4.78, 5) is 34.4. The summed E-state index contributed by atoms with van der Waals surface area (Å²) in [6.45, 7) is 3.05. The average Bonchev–Trinajstić information content (AvgIpc) is 3.17. The maximum Gasteiger partial charge on any atom is 0.261 e. The Kier molecular flexibility index (Phi) is 5.99. The highest BCUT2D eigenvalue weighted by atomic mass is 32.1. The van der Waals surface area contributed by atoms with E-state index in [9.17, 15) is 9.59 Å². The van der Waals surface area contributed by atoms with Gasteiger partial charge in [-0.15, -0.1) is 11.3 Å². The minimum Gasteiger partial charge on any atom is -0.319 e. The lowest BCUT2D eigenvalue weighted by Gasteiger charge is -2.07. The van der Waals surface area contributed by atoms with E-state index < -0.39 is 0 Å². The predicted molar refractivity (Wildman–Crippen MR) is 118 cm³/mol. The first kappa shape index (κ1) is 20.0. The molecular formula is C23H22N4O2S. The van der Waals surface area contributed by atoms with Crippen LogP contribution in [0.15, 0.2) is 76.2 Å². The number of hydrogen-bond donors (Lipinski definition) is 0. The largest absolute Gasteiger partial charge is 0.319 e. The van der Waals surface area contributed by atoms with Gasteiger partial charge in [-0.3, -0.25) is 14.2 Å². The Morgan fingerprint density at radius 2 is 1.93 bits per heavy atom. The van der Waals surface area contributed by atoms with Crippen molar-refractivity contribution < 1.29 is 4.79 Å². The van der Waals surface area contributed by atoms with Crippen LogP contribution in [0.25, 0.3) is 10.9 Å². The lowest BCUT2D eigenvalue weighted by atomic mass is 10.1. The van der Waals surface area contributed by atoms with Crippen molar-refractivity contribution in [1.82, 2.24) is 14.1 Å². The van der Waals surface area contributed by atoms with Crippen molar-refractivity contribution in [2.45, 2.75) is 32.9 Å². The molecule has 0 aliphatic rings. The summed E-state index contributed by atoms with van der Waals surface area (Å²) < 4.78 is 3.54. The predicted octanol–water partition coefficient (Wildman–Crippen LogP) is 3.52. The van der Waals surface area contributed by atoms with Gasteiger partial charge in [0, 0.05) is 31.1 Å². The van der Waals surface area contributed by atoms with Gasteiger partial charge >= 0.3 is 0 Å². The van der Waals surface area contributed by atoms with Crippen LogP contribution in [0.1, 0.15) is 24.0 Å². The van der Waals surface area contributed by atoms with E-state index in [0.717, 1.165) is 16.6 Å². The molecule has 2 aromatic heterocycles. The Hall–Kier alpha value is -3.32. The summed E-state index contributed by atoms with van der Waals surface area (Å²) >= 11 is 1.44. The number of nitrogens with zero attached hydrogens (tertiary/aromatic N) is 4. The van der Waals surface area contributed by atoms with Gasteiger partial charge in [-0.05, 0) is 30.5 Å². The zero-order valence-electron chi connectivity index (χ0n) is 16.7. The van der Waals surface area contributed by atoms with E-state index in [0.29, 0.717) is 29.7 Å². The van der Waals surface area contributed by atoms with Crippen LogP contribution >= 0.6 is 11.3 Å². The number of benzene rings is 2. The van der Waals surface area contributed by atoms with Gasteiger partial charge in [0.05, 0.1) is 17.2 Å². The van der Waals surface area contributed by atoms with Gasteiger partial charge in [0.2, 0.25) is 5.91 Å². The highest BCUT2D eigenvalue weighted by Gasteiger charge is 2.07.